The van der Waals surface area contributed by atoms with Crippen molar-refractivity contribution >= 4 is 38.9 Å². The fourth-order valence-corrected chi connectivity index (χ4v) is 6.41. The van der Waals surface area contributed by atoms with Gasteiger partial charge in [0.15, 0.2) is 0 Å². The summed E-state index contributed by atoms with van der Waals surface area (Å²) in [6.07, 6.45) is 1.91. The molecule has 2 aliphatic heterocycles. The highest BCUT2D eigenvalue weighted by Crippen LogP contribution is 2.44. The lowest BCUT2D eigenvalue weighted by atomic mass is 9.87. The zero-order valence-electron chi connectivity index (χ0n) is 18.4. The molecule has 8 heteroatoms. The van der Waals surface area contributed by atoms with Crippen molar-refractivity contribution in [2.24, 2.45) is 5.92 Å². The van der Waals surface area contributed by atoms with Gasteiger partial charge >= 0.3 is 0 Å². The van der Waals surface area contributed by atoms with Gasteiger partial charge in [-0.2, -0.15) is 4.31 Å². The van der Waals surface area contributed by atoms with Crippen molar-refractivity contribution in [3.8, 4) is 0 Å². The van der Waals surface area contributed by atoms with E-state index < -0.39 is 10.0 Å². The van der Waals surface area contributed by atoms with Crippen LogP contribution in [0, 0.1) is 5.92 Å². The SMILES string of the molecule is CC1(C)CN(C(=O)C2CC2)c2ccc(S(=O)(=O)N3CCN(c4cccc(Cl)c4)CC3)cc21. The van der Waals surface area contributed by atoms with Crippen LogP contribution in [0.4, 0.5) is 11.4 Å². The Hall–Kier alpha value is -2.09. The molecule has 32 heavy (non-hydrogen) atoms. The Kier molecular flexibility index (Phi) is 5.26. The molecule has 0 aromatic heterocycles. The number of fused-ring (bicyclic) bond motifs is 1. The van der Waals surface area contributed by atoms with E-state index in [0.29, 0.717) is 42.6 Å². The predicted molar refractivity (Wildman–Crippen MR) is 127 cm³/mol. The van der Waals surface area contributed by atoms with Gasteiger partial charge in [-0.3, -0.25) is 4.79 Å². The average molecular weight is 474 g/mol. The fourth-order valence-electron chi connectivity index (χ4n) is 4.77. The Morgan fingerprint density at radius 1 is 1.03 bits per heavy atom. The number of rotatable bonds is 4. The molecule has 2 aromatic rings. The summed E-state index contributed by atoms with van der Waals surface area (Å²) in [7, 11) is -3.61. The van der Waals surface area contributed by atoms with Crippen molar-refractivity contribution in [2.75, 3.05) is 42.5 Å². The quantitative estimate of drug-likeness (QED) is 0.676. The maximum absolute atomic E-state index is 13.4. The number of piperazine rings is 1. The molecule has 5 rings (SSSR count). The number of hydrogen-bond acceptors (Lipinski definition) is 4. The highest BCUT2D eigenvalue weighted by atomic mass is 35.5. The Bertz CT molecular complexity index is 1170. The van der Waals surface area contributed by atoms with Gasteiger partial charge < -0.3 is 9.80 Å². The molecule has 0 N–H and O–H groups in total. The number of benzene rings is 2. The summed E-state index contributed by atoms with van der Waals surface area (Å²) in [4.78, 5) is 17.1. The van der Waals surface area contributed by atoms with Crippen LogP contribution in [0.15, 0.2) is 47.4 Å². The van der Waals surface area contributed by atoms with Crippen molar-refractivity contribution in [3.05, 3.63) is 53.1 Å². The zero-order valence-corrected chi connectivity index (χ0v) is 20.0. The van der Waals surface area contributed by atoms with Gasteiger partial charge in [0.2, 0.25) is 15.9 Å². The van der Waals surface area contributed by atoms with E-state index in [0.717, 1.165) is 29.8 Å². The largest absolute Gasteiger partial charge is 0.369 e. The van der Waals surface area contributed by atoms with Crippen molar-refractivity contribution in [3.63, 3.8) is 0 Å². The Morgan fingerprint density at radius 2 is 1.75 bits per heavy atom. The molecule has 0 spiro atoms. The van der Waals surface area contributed by atoms with Gasteiger partial charge in [-0.15, -0.1) is 0 Å². The highest BCUT2D eigenvalue weighted by molar-refractivity contribution is 7.89. The lowest BCUT2D eigenvalue weighted by Crippen LogP contribution is -2.48. The molecule has 1 aliphatic carbocycles. The van der Waals surface area contributed by atoms with Crippen LogP contribution < -0.4 is 9.80 Å². The third-order valence-electron chi connectivity index (χ3n) is 6.78. The topological polar surface area (TPSA) is 60.9 Å². The van der Waals surface area contributed by atoms with Crippen molar-refractivity contribution in [2.45, 2.75) is 37.0 Å². The standard InChI is InChI=1S/C24H28ClN3O3S/c1-24(2)16-28(23(29)17-6-7-17)22-9-8-20(15-21(22)24)32(30,31)27-12-10-26(11-13-27)19-5-3-4-18(25)14-19/h3-5,8-9,14-15,17H,6-7,10-13,16H2,1-2H3. The van der Waals surface area contributed by atoms with Gasteiger partial charge in [-0.1, -0.05) is 31.5 Å². The van der Waals surface area contributed by atoms with Crippen molar-refractivity contribution in [1.29, 1.82) is 0 Å². The number of carbonyl (C=O) groups is 1. The first-order valence-corrected chi connectivity index (χ1v) is 13.0. The first kappa shape index (κ1) is 21.7. The molecule has 2 heterocycles. The maximum Gasteiger partial charge on any atom is 0.243 e. The molecule has 1 saturated heterocycles. The predicted octanol–water partition coefficient (Wildman–Crippen LogP) is 3.89. The summed E-state index contributed by atoms with van der Waals surface area (Å²) in [5.74, 6) is 0.306. The summed E-state index contributed by atoms with van der Waals surface area (Å²) in [5, 5.41) is 0.674. The second kappa shape index (κ2) is 7.75. The van der Waals surface area contributed by atoms with Crippen LogP contribution >= 0.6 is 11.6 Å². The number of nitrogens with zero attached hydrogens (tertiary/aromatic N) is 3. The molecule has 0 bridgehead atoms. The molecule has 6 nitrogen and oxygen atoms in total. The molecule has 1 saturated carbocycles. The average Bonchev–Trinajstić information content (AvgIpc) is 3.58. The van der Waals surface area contributed by atoms with E-state index in [1.165, 1.54) is 0 Å². The Morgan fingerprint density at radius 3 is 2.41 bits per heavy atom. The van der Waals surface area contributed by atoms with Gasteiger partial charge in [0.05, 0.1) is 4.90 Å². The van der Waals surface area contributed by atoms with E-state index in [9.17, 15) is 13.2 Å². The van der Waals surface area contributed by atoms with E-state index in [1.54, 1.807) is 16.4 Å². The smallest absolute Gasteiger partial charge is 0.243 e. The molecule has 3 aliphatic rings. The number of amides is 1. The first-order chi connectivity index (χ1) is 15.2. The van der Waals surface area contributed by atoms with Gasteiger partial charge in [0.25, 0.3) is 0 Å². The minimum Gasteiger partial charge on any atom is -0.369 e. The van der Waals surface area contributed by atoms with Gasteiger partial charge in [-0.25, -0.2) is 8.42 Å². The van der Waals surface area contributed by atoms with Crippen LogP contribution in [0.25, 0.3) is 0 Å². The van der Waals surface area contributed by atoms with E-state index in [1.807, 2.05) is 35.2 Å². The lowest BCUT2D eigenvalue weighted by Gasteiger charge is -2.35. The van der Waals surface area contributed by atoms with Crippen LogP contribution in [0.2, 0.25) is 5.02 Å². The molecule has 2 aromatic carbocycles. The Labute approximate surface area is 194 Å². The lowest BCUT2D eigenvalue weighted by molar-refractivity contribution is -0.119. The molecule has 170 valence electrons. The number of hydrogen-bond donors (Lipinski definition) is 0. The normalized spacial score (nSPS) is 21.0. The number of anilines is 2. The number of halogens is 1. The second-order valence-electron chi connectivity index (χ2n) is 9.63. The van der Waals surface area contributed by atoms with Crippen molar-refractivity contribution in [1.82, 2.24) is 4.31 Å². The van der Waals surface area contributed by atoms with Crippen LogP contribution in [0.3, 0.4) is 0 Å². The summed E-state index contributed by atoms with van der Waals surface area (Å²) < 4.78 is 28.4. The monoisotopic (exact) mass is 473 g/mol. The third-order valence-corrected chi connectivity index (χ3v) is 8.91. The fraction of sp³-hybridized carbons (Fsp3) is 0.458. The van der Waals surface area contributed by atoms with E-state index in [4.69, 9.17) is 11.6 Å². The molecule has 2 fully saturated rings. The zero-order chi connectivity index (χ0) is 22.7. The first-order valence-electron chi connectivity index (χ1n) is 11.1. The number of sulfonamides is 1. The molecule has 1 amide bonds. The van der Waals surface area contributed by atoms with Crippen LogP contribution in [-0.2, 0) is 20.2 Å². The maximum atomic E-state index is 13.4. The van der Waals surface area contributed by atoms with Crippen LogP contribution in [0.5, 0.6) is 0 Å². The van der Waals surface area contributed by atoms with Gasteiger partial charge in [0, 0.05) is 60.5 Å². The minimum atomic E-state index is -3.61. The highest BCUT2D eigenvalue weighted by Gasteiger charge is 2.43. The molecular weight excluding hydrogens is 446 g/mol. The molecule has 0 radical (unpaired) electrons. The third kappa shape index (κ3) is 3.80. The minimum absolute atomic E-state index is 0.135. The van der Waals surface area contributed by atoms with Crippen LogP contribution in [-0.4, -0.2) is 51.4 Å². The van der Waals surface area contributed by atoms with E-state index in [2.05, 4.69) is 18.7 Å². The van der Waals surface area contributed by atoms with E-state index >= 15 is 0 Å². The molecule has 0 atom stereocenters. The van der Waals surface area contributed by atoms with E-state index in [-0.39, 0.29) is 17.2 Å². The second-order valence-corrected chi connectivity index (χ2v) is 12.0. The molecule has 0 unspecified atom stereocenters. The van der Waals surface area contributed by atoms with Crippen LogP contribution in [0.1, 0.15) is 32.3 Å². The van der Waals surface area contributed by atoms with Crippen molar-refractivity contribution < 1.29 is 13.2 Å². The molecular formula is C24H28ClN3O3S. The van der Waals surface area contributed by atoms with Gasteiger partial charge in [-0.05, 0) is 54.8 Å². The summed E-state index contributed by atoms with van der Waals surface area (Å²) in [6.45, 7) is 6.81. The summed E-state index contributed by atoms with van der Waals surface area (Å²) >= 11 is 6.11. The Balaban J connectivity index is 1.36. The summed E-state index contributed by atoms with van der Waals surface area (Å²) in [6, 6.07) is 12.9. The number of carbonyl (C=O) groups excluding carboxylic acids is 1. The van der Waals surface area contributed by atoms with Gasteiger partial charge in [0.1, 0.15) is 0 Å². The summed E-state index contributed by atoms with van der Waals surface area (Å²) in [5.41, 5.74) is 2.52.